The van der Waals surface area contributed by atoms with E-state index in [0.29, 0.717) is 23.6 Å². The van der Waals surface area contributed by atoms with Crippen LogP contribution in [-0.2, 0) is 36.0 Å². The number of fused-ring (bicyclic) bond motifs is 1. The number of aliphatic imine (C=N–C) groups is 1. The SMILES string of the molecule is CCOP(=O)(O)C(F)(F)c1ccc(C[C@H](N=C(c2ccccc2)c2ccccc2)C(=O)N2[C@@H]3C[C@H]4CC[C@]3(CS2(=O)=O)C4(C)C)cc1. The molecule has 47 heavy (non-hydrogen) atoms. The summed E-state index contributed by atoms with van der Waals surface area (Å²) >= 11 is 0. The van der Waals surface area contributed by atoms with Gasteiger partial charge in [0.1, 0.15) is 6.04 Å². The molecular formula is C35H39F2N2O6PS. The van der Waals surface area contributed by atoms with Crippen LogP contribution in [0, 0.1) is 16.7 Å². The summed E-state index contributed by atoms with van der Waals surface area (Å²) in [5.41, 5.74) is -3.28. The Labute approximate surface area is 274 Å². The molecule has 1 unspecified atom stereocenters. The molecule has 3 aromatic carbocycles. The minimum Gasteiger partial charge on any atom is -0.320 e. The van der Waals surface area contributed by atoms with Gasteiger partial charge < -0.3 is 9.42 Å². The van der Waals surface area contributed by atoms with Gasteiger partial charge in [-0.2, -0.15) is 8.78 Å². The van der Waals surface area contributed by atoms with Crippen molar-refractivity contribution in [1.82, 2.24) is 4.31 Å². The average Bonchev–Trinajstić information content (AvgIpc) is 3.52. The summed E-state index contributed by atoms with van der Waals surface area (Å²) in [5.74, 6) is -0.436. The fourth-order valence-corrected chi connectivity index (χ4v) is 11.6. The molecule has 5 atom stereocenters. The second-order valence-electron chi connectivity index (χ2n) is 13.4. The van der Waals surface area contributed by atoms with Gasteiger partial charge >= 0.3 is 13.3 Å². The minimum absolute atomic E-state index is 0.0886. The fraction of sp³-hybridized carbons (Fsp3) is 0.429. The van der Waals surface area contributed by atoms with Gasteiger partial charge in [-0.05, 0) is 43.1 Å². The highest BCUT2D eigenvalue weighted by atomic mass is 32.2. The third-order valence-corrected chi connectivity index (χ3v) is 14.2. The summed E-state index contributed by atoms with van der Waals surface area (Å²) in [6, 6.07) is 21.6. The molecule has 1 amide bonds. The molecule has 1 aliphatic heterocycles. The smallest absolute Gasteiger partial charge is 0.320 e. The number of carbonyl (C=O) groups excluding carboxylic acids is 1. The number of nitrogens with zero attached hydrogens (tertiary/aromatic N) is 2. The number of alkyl halides is 2. The van der Waals surface area contributed by atoms with Crippen molar-refractivity contribution in [3.63, 3.8) is 0 Å². The lowest BCUT2D eigenvalue weighted by Gasteiger charge is -2.37. The molecule has 0 aromatic heterocycles. The number of sulfonamides is 1. The Morgan fingerprint density at radius 2 is 1.62 bits per heavy atom. The van der Waals surface area contributed by atoms with Crippen molar-refractivity contribution in [2.75, 3.05) is 12.4 Å². The first-order chi connectivity index (χ1) is 22.1. The second-order valence-corrected chi connectivity index (χ2v) is 17.1. The molecule has 12 heteroatoms. The highest BCUT2D eigenvalue weighted by molar-refractivity contribution is 7.90. The van der Waals surface area contributed by atoms with E-state index in [4.69, 9.17) is 4.99 Å². The summed E-state index contributed by atoms with van der Waals surface area (Å²) in [6.45, 7) is 5.20. The van der Waals surface area contributed by atoms with Crippen LogP contribution < -0.4 is 0 Å². The highest BCUT2D eigenvalue weighted by Crippen LogP contribution is 2.70. The first-order valence-corrected chi connectivity index (χ1v) is 19.0. The first kappa shape index (κ1) is 33.7. The van der Waals surface area contributed by atoms with Crippen LogP contribution in [0.15, 0.2) is 89.9 Å². The van der Waals surface area contributed by atoms with Gasteiger partial charge in [0.15, 0.2) is 0 Å². The molecule has 1 saturated heterocycles. The van der Waals surface area contributed by atoms with E-state index in [1.165, 1.54) is 19.1 Å². The monoisotopic (exact) mass is 684 g/mol. The van der Waals surface area contributed by atoms with Gasteiger partial charge in [-0.1, -0.05) is 98.8 Å². The zero-order chi connectivity index (χ0) is 33.8. The molecule has 1 heterocycles. The molecule has 2 saturated carbocycles. The predicted octanol–water partition coefficient (Wildman–Crippen LogP) is 6.77. The van der Waals surface area contributed by atoms with Gasteiger partial charge in [-0.3, -0.25) is 14.4 Å². The highest BCUT2D eigenvalue weighted by Gasteiger charge is 2.72. The van der Waals surface area contributed by atoms with Crippen LogP contribution in [0.5, 0.6) is 0 Å². The standard InChI is InChI=1S/C35H39F2N2O6PS/c1-4-45-46(41,42)35(36,37)27-17-15-24(16-18-27)21-29(38-31(25-11-7-5-8-12-25)26-13-9-6-10-14-26)32(40)39-30-22-28-19-20-34(30,33(28,2)3)23-47(39,43)44/h5-18,28-30H,4,19-23H2,1-3H3,(H,41,42)/t28-,29+,30-,34-/m1/s1. The lowest BCUT2D eigenvalue weighted by molar-refractivity contribution is -0.130. The summed E-state index contributed by atoms with van der Waals surface area (Å²) < 4.78 is 75.5. The van der Waals surface area contributed by atoms with E-state index in [2.05, 4.69) is 18.4 Å². The molecule has 2 aliphatic carbocycles. The first-order valence-electron chi connectivity index (χ1n) is 15.8. The quantitative estimate of drug-likeness (QED) is 0.186. The molecule has 6 rings (SSSR count). The third kappa shape index (κ3) is 5.59. The van der Waals surface area contributed by atoms with Crippen molar-refractivity contribution in [2.45, 2.75) is 64.2 Å². The van der Waals surface area contributed by atoms with Gasteiger partial charge in [0.2, 0.25) is 10.0 Å². The molecule has 1 N–H and O–H groups in total. The van der Waals surface area contributed by atoms with E-state index in [1.807, 2.05) is 60.7 Å². The third-order valence-electron chi connectivity index (χ3n) is 10.7. The van der Waals surface area contributed by atoms with Crippen LogP contribution in [0.2, 0.25) is 0 Å². The van der Waals surface area contributed by atoms with Crippen molar-refractivity contribution < 1.29 is 36.0 Å². The molecule has 0 radical (unpaired) electrons. The van der Waals surface area contributed by atoms with E-state index < -0.39 is 52.3 Å². The lowest BCUT2D eigenvalue weighted by Crippen LogP contribution is -2.48. The number of halogens is 2. The molecule has 250 valence electrons. The van der Waals surface area contributed by atoms with Crippen molar-refractivity contribution >= 4 is 29.2 Å². The number of hydrogen-bond donors (Lipinski definition) is 1. The fourth-order valence-electron chi connectivity index (χ4n) is 8.06. The van der Waals surface area contributed by atoms with Crippen LogP contribution in [0.4, 0.5) is 8.78 Å². The molecule has 1 spiro atoms. The van der Waals surface area contributed by atoms with Crippen LogP contribution in [0.3, 0.4) is 0 Å². The maximum absolute atomic E-state index is 15.0. The molecule has 2 bridgehead atoms. The average molecular weight is 685 g/mol. The number of hydrogen-bond acceptors (Lipinski definition) is 6. The summed E-state index contributed by atoms with van der Waals surface area (Å²) in [4.78, 5) is 29.5. The zero-order valence-corrected chi connectivity index (χ0v) is 28.3. The van der Waals surface area contributed by atoms with Crippen molar-refractivity contribution in [1.29, 1.82) is 0 Å². The Morgan fingerprint density at radius 1 is 1.04 bits per heavy atom. The second kappa shape index (κ2) is 12.0. The maximum Gasteiger partial charge on any atom is 0.401 e. The van der Waals surface area contributed by atoms with Gasteiger partial charge in [0.05, 0.1) is 24.1 Å². The van der Waals surface area contributed by atoms with E-state index >= 15 is 0 Å². The van der Waals surface area contributed by atoms with E-state index in [-0.39, 0.29) is 24.2 Å². The van der Waals surface area contributed by atoms with E-state index in [9.17, 15) is 31.5 Å². The summed E-state index contributed by atoms with van der Waals surface area (Å²) in [7, 11) is -9.27. The summed E-state index contributed by atoms with van der Waals surface area (Å²) in [6.07, 6.45) is 2.17. The Bertz CT molecular complexity index is 1790. The Kier molecular flexibility index (Phi) is 8.61. The largest absolute Gasteiger partial charge is 0.401 e. The minimum atomic E-state index is -5.30. The molecule has 8 nitrogen and oxygen atoms in total. The molecular weight excluding hydrogens is 645 g/mol. The normalized spacial score (nSPS) is 26.0. The maximum atomic E-state index is 15.0. The predicted molar refractivity (Wildman–Crippen MR) is 176 cm³/mol. The Balaban J connectivity index is 1.43. The molecule has 3 fully saturated rings. The van der Waals surface area contributed by atoms with Gasteiger partial charge in [0.25, 0.3) is 5.91 Å². The van der Waals surface area contributed by atoms with Gasteiger partial charge in [0, 0.05) is 28.5 Å². The number of amides is 1. The molecule has 3 aliphatic rings. The van der Waals surface area contributed by atoms with Crippen LogP contribution >= 0.6 is 7.60 Å². The zero-order valence-electron chi connectivity index (χ0n) is 26.6. The lowest BCUT2D eigenvalue weighted by atomic mass is 9.69. The number of rotatable bonds is 10. The van der Waals surface area contributed by atoms with Crippen LogP contribution in [0.25, 0.3) is 0 Å². The van der Waals surface area contributed by atoms with Crippen molar-refractivity contribution in [3.05, 3.63) is 107 Å². The summed E-state index contributed by atoms with van der Waals surface area (Å²) in [5, 5.41) is 0. The topological polar surface area (TPSA) is 113 Å². The number of carbonyl (C=O) groups is 1. The Hall–Kier alpha value is -3.24. The van der Waals surface area contributed by atoms with Gasteiger partial charge in [-0.25, -0.2) is 12.7 Å². The van der Waals surface area contributed by atoms with Crippen molar-refractivity contribution in [2.24, 2.45) is 21.7 Å². The number of benzene rings is 3. The Morgan fingerprint density at radius 3 is 2.15 bits per heavy atom. The van der Waals surface area contributed by atoms with Gasteiger partial charge in [-0.15, -0.1) is 0 Å². The molecule has 3 aromatic rings. The van der Waals surface area contributed by atoms with E-state index in [1.54, 1.807) is 0 Å². The van der Waals surface area contributed by atoms with Crippen LogP contribution in [-0.4, -0.2) is 53.7 Å². The van der Waals surface area contributed by atoms with Crippen LogP contribution in [0.1, 0.15) is 62.3 Å². The van der Waals surface area contributed by atoms with Crippen molar-refractivity contribution in [3.8, 4) is 0 Å². The van der Waals surface area contributed by atoms with E-state index in [0.717, 1.165) is 40.4 Å².